The minimum absolute atomic E-state index is 0.347. The normalized spacial score (nSPS) is 25.8. The van der Waals surface area contributed by atoms with Crippen molar-refractivity contribution in [2.45, 2.75) is 18.9 Å². The standard InChI is InChI=1S/C6H13N3OS/c7-6(9-8)11-4-5-2-1-3-10-5/h5H,1-4,8H2,(H2,7,9). The molecule has 1 aliphatic rings. The maximum atomic E-state index is 5.38. The minimum atomic E-state index is 0.347. The lowest BCUT2D eigenvalue weighted by atomic mass is 10.3. The van der Waals surface area contributed by atoms with E-state index in [9.17, 15) is 0 Å². The number of hydrogen-bond acceptors (Lipinski definition) is 4. The van der Waals surface area contributed by atoms with Crippen molar-refractivity contribution in [2.75, 3.05) is 12.4 Å². The van der Waals surface area contributed by atoms with Gasteiger partial charge in [-0.2, -0.15) is 5.10 Å². The van der Waals surface area contributed by atoms with Crippen LogP contribution < -0.4 is 11.6 Å². The van der Waals surface area contributed by atoms with Crippen LogP contribution >= 0.6 is 11.8 Å². The second kappa shape index (κ2) is 4.46. The van der Waals surface area contributed by atoms with Crippen LogP contribution in [0.3, 0.4) is 0 Å². The van der Waals surface area contributed by atoms with Crippen molar-refractivity contribution in [3.63, 3.8) is 0 Å². The molecule has 11 heavy (non-hydrogen) atoms. The zero-order valence-electron chi connectivity index (χ0n) is 6.32. The molecule has 4 N–H and O–H groups in total. The number of amidine groups is 1. The van der Waals surface area contributed by atoms with Gasteiger partial charge in [0, 0.05) is 12.4 Å². The molecule has 1 fully saturated rings. The molecule has 1 unspecified atom stereocenters. The van der Waals surface area contributed by atoms with Crippen molar-refractivity contribution in [2.24, 2.45) is 16.7 Å². The molecule has 1 atom stereocenters. The van der Waals surface area contributed by atoms with Crippen LogP contribution in [0.25, 0.3) is 0 Å². The molecule has 1 rings (SSSR count). The quantitative estimate of drug-likeness (QED) is 0.270. The summed E-state index contributed by atoms with van der Waals surface area (Å²) >= 11 is 1.45. The summed E-state index contributed by atoms with van der Waals surface area (Å²) in [7, 11) is 0. The summed E-state index contributed by atoms with van der Waals surface area (Å²) in [4.78, 5) is 0. The lowest BCUT2D eigenvalue weighted by molar-refractivity contribution is 0.129. The van der Waals surface area contributed by atoms with Crippen molar-refractivity contribution >= 4 is 16.9 Å². The predicted molar refractivity (Wildman–Crippen MR) is 47.2 cm³/mol. The number of nitrogens with zero attached hydrogens (tertiary/aromatic N) is 1. The summed E-state index contributed by atoms with van der Waals surface area (Å²) in [5.41, 5.74) is 5.38. The van der Waals surface area contributed by atoms with Crippen LogP contribution in [-0.4, -0.2) is 23.6 Å². The number of thioether (sulfide) groups is 1. The van der Waals surface area contributed by atoms with Gasteiger partial charge in [0.1, 0.15) is 0 Å². The first-order valence-electron chi connectivity index (χ1n) is 3.60. The maximum Gasteiger partial charge on any atom is 0.177 e. The Balaban J connectivity index is 2.11. The van der Waals surface area contributed by atoms with Gasteiger partial charge in [0.05, 0.1) is 6.10 Å². The van der Waals surface area contributed by atoms with Crippen LogP contribution in [0, 0.1) is 0 Å². The Morgan fingerprint density at radius 2 is 2.55 bits per heavy atom. The van der Waals surface area contributed by atoms with E-state index in [4.69, 9.17) is 16.3 Å². The van der Waals surface area contributed by atoms with Gasteiger partial charge in [-0.3, -0.25) is 0 Å². The van der Waals surface area contributed by atoms with E-state index < -0.39 is 0 Å². The summed E-state index contributed by atoms with van der Waals surface area (Å²) in [5, 5.41) is 3.78. The van der Waals surface area contributed by atoms with E-state index in [1.54, 1.807) is 0 Å². The molecule has 1 heterocycles. The molecule has 0 bridgehead atoms. The molecule has 4 nitrogen and oxygen atoms in total. The molecule has 64 valence electrons. The third-order valence-corrected chi connectivity index (χ3v) is 2.51. The molecule has 0 amide bonds. The number of rotatable bonds is 2. The van der Waals surface area contributed by atoms with Crippen LogP contribution in [-0.2, 0) is 4.74 Å². The SMILES string of the molecule is NN=C(N)SCC1CCCO1. The number of hydrogen-bond donors (Lipinski definition) is 2. The average Bonchev–Trinajstić information content (AvgIpc) is 2.52. The minimum Gasteiger partial charge on any atom is -0.377 e. The van der Waals surface area contributed by atoms with Crippen LogP contribution in [0.2, 0.25) is 0 Å². The highest BCUT2D eigenvalue weighted by molar-refractivity contribution is 8.13. The van der Waals surface area contributed by atoms with Crippen LogP contribution in [0.5, 0.6) is 0 Å². The van der Waals surface area contributed by atoms with Gasteiger partial charge in [-0.1, -0.05) is 11.8 Å². The second-order valence-corrected chi connectivity index (χ2v) is 3.45. The number of hydrazone groups is 1. The second-order valence-electron chi connectivity index (χ2n) is 2.41. The average molecular weight is 175 g/mol. The van der Waals surface area contributed by atoms with Crippen LogP contribution in [0.4, 0.5) is 0 Å². The van der Waals surface area contributed by atoms with E-state index in [-0.39, 0.29) is 0 Å². The molecule has 1 aliphatic heterocycles. The van der Waals surface area contributed by atoms with Crippen molar-refractivity contribution in [1.29, 1.82) is 0 Å². The summed E-state index contributed by atoms with van der Waals surface area (Å²) in [5.74, 6) is 5.83. The maximum absolute atomic E-state index is 5.38. The van der Waals surface area contributed by atoms with Crippen molar-refractivity contribution in [3.05, 3.63) is 0 Å². The number of nitrogens with two attached hydrogens (primary N) is 2. The summed E-state index contributed by atoms with van der Waals surface area (Å²) < 4.78 is 5.38. The topological polar surface area (TPSA) is 73.6 Å². The Labute approximate surface area is 70.3 Å². The van der Waals surface area contributed by atoms with E-state index in [1.807, 2.05) is 0 Å². The van der Waals surface area contributed by atoms with E-state index in [2.05, 4.69) is 5.10 Å². The Hall–Kier alpha value is -0.420. The lowest BCUT2D eigenvalue weighted by Gasteiger charge is -2.06. The van der Waals surface area contributed by atoms with E-state index >= 15 is 0 Å². The van der Waals surface area contributed by atoms with Gasteiger partial charge in [0.2, 0.25) is 0 Å². The first-order valence-corrected chi connectivity index (χ1v) is 4.59. The first-order chi connectivity index (χ1) is 5.33. The summed E-state index contributed by atoms with van der Waals surface area (Å²) in [6.45, 7) is 0.880. The molecular weight excluding hydrogens is 162 g/mol. The smallest absolute Gasteiger partial charge is 0.177 e. The third-order valence-electron chi connectivity index (χ3n) is 1.57. The van der Waals surface area contributed by atoms with E-state index in [1.165, 1.54) is 11.8 Å². The highest BCUT2D eigenvalue weighted by atomic mass is 32.2. The van der Waals surface area contributed by atoms with Gasteiger partial charge in [0.25, 0.3) is 0 Å². The Bertz CT molecular complexity index is 145. The van der Waals surface area contributed by atoms with Gasteiger partial charge in [0.15, 0.2) is 5.17 Å². The summed E-state index contributed by atoms with van der Waals surface area (Å²) in [6.07, 6.45) is 2.63. The van der Waals surface area contributed by atoms with Crippen molar-refractivity contribution < 1.29 is 4.74 Å². The van der Waals surface area contributed by atoms with E-state index in [0.717, 1.165) is 25.2 Å². The lowest BCUT2D eigenvalue weighted by Crippen LogP contribution is -2.15. The molecule has 5 heteroatoms. The monoisotopic (exact) mass is 175 g/mol. The molecule has 0 aromatic carbocycles. The van der Waals surface area contributed by atoms with Crippen molar-refractivity contribution in [3.8, 4) is 0 Å². The molecule has 1 saturated heterocycles. The zero-order valence-corrected chi connectivity index (χ0v) is 7.14. The fourth-order valence-electron chi connectivity index (χ4n) is 0.991. The van der Waals surface area contributed by atoms with Crippen molar-refractivity contribution in [1.82, 2.24) is 0 Å². The molecule has 0 saturated carbocycles. The molecular formula is C6H13N3OS. The third kappa shape index (κ3) is 2.98. The van der Waals surface area contributed by atoms with Crippen LogP contribution in [0.1, 0.15) is 12.8 Å². The zero-order chi connectivity index (χ0) is 8.10. The predicted octanol–water partition coefficient (Wildman–Crippen LogP) is 0.0870. The fraction of sp³-hybridized carbons (Fsp3) is 0.833. The van der Waals surface area contributed by atoms with Gasteiger partial charge in [-0.15, -0.1) is 0 Å². The van der Waals surface area contributed by atoms with Gasteiger partial charge < -0.3 is 16.3 Å². The number of ether oxygens (including phenoxy) is 1. The molecule has 0 aromatic rings. The molecule has 0 aromatic heterocycles. The first kappa shape index (κ1) is 8.67. The Morgan fingerprint density at radius 1 is 1.73 bits per heavy atom. The fourth-order valence-corrected chi connectivity index (χ4v) is 1.69. The largest absolute Gasteiger partial charge is 0.377 e. The van der Waals surface area contributed by atoms with Gasteiger partial charge >= 0.3 is 0 Å². The van der Waals surface area contributed by atoms with Crippen LogP contribution in [0.15, 0.2) is 5.10 Å². The van der Waals surface area contributed by atoms with Gasteiger partial charge in [-0.05, 0) is 12.8 Å². The Kier molecular flexibility index (Phi) is 3.51. The highest BCUT2D eigenvalue weighted by Gasteiger charge is 2.15. The molecule has 0 aliphatic carbocycles. The Morgan fingerprint density at radius 3 is 3.09 bits per heavy atom. The molecule has 0 radical (unpaired) electrons. The van der Waals surface area contributed by atoms with E-state index in [0.29, 0.717) is 11.3 Å². The highest BCUT2D eigenvalue weighted by Crippen LogP contribution is 2.16. The van der Waals surface area contributed by atoms with Gasteiger partial charge in [-0.25, -0.2) is 0 Å². The molecule has 0 spiro atoms. The summed E-state index contributed by atoms with van der Waals surface area (Å²) in [6, 6.07) is 0.